The minimum atomic E-state index is -1.02. The molecule has 0 saturated heterocycles. The number of carboxylic acids is 1. The zero-order chi connectivity index (χ0) is 7.82. The van der Waals surface area contributed by atoms with Gasteiger partial charge in [-0.3, -0.25) is 0 Å². The summed E-state index contributed by atoms with van der Waals surface area (Å²) in [5, 5.41) is 9.85. The molecular formula is C8H9NaO2. The Labute approximate surface area is 88.6 Å². The van der Waals surface area contributed by atoms with E-state index in [2.05, 4.69) is 12.3 Å². The molecule has 11 heavy (non-hydrogen) atoms. The maximum Gasteiger partial charge on any atom is 1.00 e. The van der Waals surface area contributed by atoms with Gasteiger partial charge in [-0.25, -0.2) is 0 Å². The molecule has 0 radical (unpaired) electrons. The summed E-state index contributed by atoms with van der Waals surface area (Å²) in [6.45, 7) is 3.33. The van der Waals surface area contributed by atoms with E-state index in [4.69, 9.17) is 0 Å². The van der Waals surface area contributed by atoms with E-state index in [9.17, 15) is 9.90 Å². The van der Waals surface area contributed by atoms with Gasteiger partial charge < -0.3 is 9.90 Å². The van der Waals surface area contributed by atoms with Crippen LogP contribution >= 0.6 is 0 Å². The van der Waals surface area contributed by atoms with E-state index < -0.39 is 5.97 Å². The first-order chi connectivity index (χ1) is 4.77. The summed E-state index contributed by atoms with van der Waals surface area (Å²) < 4.78 is 0. The van der Waals surface area contributed by atoms with E-state index in [1.54, 1.807) is 18.2 Å². The number of aliphatic carboxylic acids is 1. The quantitative estimate of drug-likeness (QED) is 0.257. The summed E-state index contributed by atoms with van der Waals surface area (Å²) in [5.41, 5.74) is 2.53. The van der Waals surface area contributed by atoms with Crippen molar-refractivity contribution in [2.75, 3.05) is 0 Å². The Bertz CT molecular complexity index is 179. The van der Waals surface area contributed by atoms with Gasteiger partial charge in [0.1, 0.15) is 0 Å². The third kappa shape index (κ3) is 12.8. The summed E-state index contributed by atoms with van der Waals surface area (Å²) in [5.74, 6) is -1.02. The van der Waals surface area contributed by atoms with E-state index in [0.717, 1.165) is 0 Å². The monoisotopic (exact) mass is 160 g/mol. The fourth-order valence-electron chi connectivity index (χ4n) is 0.433. The van der Waals surface area contributed by atoms with Crippen molar-refractivity contribution in [3.63, 3.8) is 0 Å². The normalized spacial score (nSPS) is 8.36. The van der Waals surface area contributed by atoms with Gasteiger partial charge in [0, 0.05) is 5.97 Å². The molecule has 0 aliphatic heterocycles. The maximum atomic E-state index is 9.85. The van der Waals surface area contributed by atoms with Crippen LogP contribution in [0.1, 0.15) is 12.8 Å². The van der Waals surface area contributed by atoms with Crippen molar-refractivity contribution in [1.82, 2.24) is 0 Å². The fraction of sp³-hybridized carbons (Fsp3) is 0.250. The number of carbonyl (C=O) groups excluding carboxylic acids is 1. The molecule has 0 unspecified atom stereocenters. The Kier molecular flexibility index (Phi) is 11.8. The molecule has 0 N–H and O–H groups in total. The first-order valence-electron chi connectivity index (χ1n) is 2.98. The van der Waals surface area contributed by atoms with Gasteiger partial charge in [-0.1, -0.05) is 18.7 Å². The average molecular weight is 160 g/mol. The molecule has 0 fully saturated rings. The van der Waals surface area contributed by atoms with E-state index in [1.165, 1.54) is 0 Å². The summed E-state index contributed by atoms with van der Waals surface area (Å²) in [4.78, 5) is 9.85. The number of allylic oxidation sites excluding steroid dienone is 3. The van der Waals surface area contributed by atoms with Crippen LogP contribution in [0.4, 0.5) is 0 Å². The predicted molar refractivity (Wildman–Crippen MR) is 37.1 cm³/mol. The van der Waals surface area contributed by atoms with Gasteiger partial charge in [0.2, 0.25) is 0 Å². The Morgan fingerprint density at radius 2 is 2.27 bits per heavy atom. The third-order valence-electron chi connectivity index (χ3n) is 0.865. The second-order valence-electron chi connectivity index (χ2n) is 1.71. The molecule has 2 nitrogen and oxygen atoms in total. The molecule has 0 saturated carbocycles. The van der Waals surface area contributed by atoms with Gasteiger partial charge in [-0.15, -0.1) is 5.73 Å². The molecule has 0 aliphatic rings. The van der Waals surface area contributed by atoms with Crippen LogP contribution in [0.3, 0.4) is 0 Å². The number of carbonyl (C=O) groups is 1. The molecule has 0 amide bonds. The van der Waals surface area contributed by atoms with E-state index in [0.29, 0.717) is 6.42 Å². The second-order valence-corrected chi connectivity index (χ2v) is 1.71. The maximum absolute atomic E-state index is 9.85. The van der Waals surface area contributed by atoms with Crippen LogP contribution in [0.15, 0.2) is 30.5 Å². The molecule has 0 aromatic carbocycles. The average Bonchev–Trinajstić information content (AvgIpc) is 1.87. The predicted octanol–water partition coefficient (Wildman–Crippen LogP) is -2.58. The van der Waals surface area contributed by atoms with Crippen LogP contribution in [0.25, 0.3) is 0 Å². The van der Waals surface area contributed by atoms with Crippen LogP contribution < -0.4 is 34.7 Å². The van der Waals surface area contributed by atoms with Crippen LogP contribution in [0, 0.1) is 0 Å². The first-order valence-corrected chi connectivity index (χ1v) is 2.98. The molecule has 0 aromatic heterocycles. The van der Waals surface area contributed by atoms with Crippen molar-refractivity contribution in [3.8, 4) is 0 Å². The van der Waals surface area contributed by atoms with Gasteiger partial charge in [-0.2, -0.15) is 0 Å². The summed E-state index contributed by atoms with van der Waals surface area (Å²) >= 11 is 0. The number of hydrogen-bond donors (Lipinski definition) is 0. The molecule has 3 heteroatoms. The van der Waals surface area contributed by atoms with Crippen molar-refractivity contribution in [3.05, 3.63) is 30.5 Å². The van der Waals surface area contributed by atoms with E-state index in [-0.39, 0.29) is 36.0 Å². The molecule has 0 spiro atoms. The van der Waals surface area contributed by atoms with Gasteiger partial charge in [-0.05, 0) is 18.9 Å². The number of rotatable bonds is 4. The minimum Gasteiger partial charge on any atom is -0.550 e. The van der Waals surface area contributed by atoms with E-state index in [1.807, 2.05) is 0 Å². The molecule has 0 rings (SSSR count). The minimum absolute atomic E-state index is 0. The number of carboxylic acid groups (broad SMARTS) is 1. The van der Waals surface area contributed by atoms with Gasteiger partial charge in [0.25, 0.3) is 0 Å². The molecule has 0 atom stereocenters. The Balaban J connectivity index is 0. The Morgan fingerprint density at radius 3 is 2.73 bits per heavy atom. The van der Waals surface area contributed by atoms with Crippen molar-refractivity contribution in [2.24, 2.45) is 0 Å². The first kappa shape index (κ1) is 13.3. The van der Waals surface area contributed by atoms with Crippen molar-refractivity contribution < 1.29 is 39.5 Å². The van der Waals surface area contributed by atoms with Gasteiger partial charge in [0.05, 0.1) is 0 Å². The molecular weight excluding hydrogens is 151 g/mol. The number of hydrogen-bond acceptors (Lipinski definition) is 2. The molecule has 0 bridgehead atoms. The second kappa shape index (κ2) is 9.73. The van der Waals surface area contributed by atoms with Gasteiger partial charge in [0.15, 0.2) is 0 Å². The Hall–Kier alpha value is -0.270. The molecule has 54 valence electrons. The summed E-state index contributed by atoms with van der Waals surface area (Å²) in [7, 11) is 0. The summed E-state index contributed by atoms with van der Waals surface area (Å²) in [6, 6.07) is 0. The van der Waals surface area contributed by atoms with Crippen LogP contribution in [-0.4, -0.2) is 5.97 Å². The van der Waals surface area contributed by atoms with E-state index >= 15 is 0 Å². The summed E-state index contributed by atoms with van der Waals surface area (Å²) in [6.07, 6.45) is 5.63. The zero-order valence-electron chi connectivity index (χ0n) is 6.67. The van der Waals surface area contributed by atoms with Crippen LogP contribution in [-0.2, 0) is 4.79 Å². The molecule has 0 aliphatic carbocycles. The fourth-order valence-corrected chi connectivity index (χ4v) is 0.433. The van der Waals surface area contributed by atoms with Crippen LogP contribution in [0.5, 0.6) is 0 Å². The molecule has 0 heterocycles. The van der Waals surface area contributed by atoms with Crippen molar-refractivity contribution in [1.29, 1.82) is 0 Å². The standard InChI is InChI=1S/C8H10O2.Na/c1-2-3-4-5-6-7-8(9)10;/h3-5H,1,6-7H2,(H,9,10);/q;+1/p-1/b5-4+;. The Morgan fingerprint density at radius 1 is 1.64 bits per heavy atom. The zero-order valence-corrected chi connectivity index (χ0v) is 8.67. The molecule has 0 aromatic rings. The SMILES string of the molecule is C=C=C/C=C/CCC(=O)[O-].[Na+]. The largest absolute Gasteiger partial charge is 1.00 e. The third-order valence-corrected chi connectivity index (χ3v) is 0.865. The van der Waals surface area contributed by atoms with Crippen molar-refractivity contribution in [2.45, 2.75) is 12.8 Å². The van der Waals surface area contributed by atoms with Crippen molar-refractivity contribution >= 4 is 5.97 Å². The van der Waals surface area contributed by atoms with Gasteiger partial charge >= 0.3 is 29.6 Å². The topological polar surface area (TPSA) is 40.1 Å². The smallest absolute Gasteiger partial charge is 0.550 e. The van der Waals surface area contributed by atoms with Crippen LogP contribution in [0.2, 0.25) is 0 Å².